The Morgan fingerprint density at radius 3 is 3.00 bits per heavy atom. The Morgan fingerprint density at radius 2 is 2.36 bits per heavy atom. The average molecular weight is 195 g/mol. The molecule has 0 bridgehead atoms. The number of aromatic nitrogens is 1. The molecule has 0 radical (unpaired) electrons. The summed E-state index contributed by atoms with van der Waals surface area (Å²) < 4.78 is 5.25. The van der Waals surface area contributed by atoms with E-state index in [0.29, 0.717) is 12.6 Å². The zero-order chi connectivity index (χ0) is 10.1. The van der Waals surface area contributed by atoms with Gasteiger partial charge in [-0.15, -0.1) is 0 Å². The van der Waals surface area contributed by atoms with Crippen molar-refractivity contribution in [3.8, 4) is 0 Å². The summed E-state index contributed by atoms with van der Waals surface area (Å²) in [7, 11) is 0. The van der Waals surface area contributed by atoms with Gasteiger partial charge in [0.05, 0.1) is 0 Å². The third kappa shape index (κ3) is 1.55. The van der Waals surface area contributed by atoms with Crippen LogP contribution in [-0.4, -0.2) is 22.6 Å². The third-order valence-electron chi connectivity index (χ3n) is 2.86. The molecule has 1 aromatic rings. The summed E-state index contributed by atoms with van der Waals surface area (Å²) in [5.41, 5.74) is 7.74. The van der Waals surface area contributed by atoms with E-state index < -0.39 is 0 Å². The second kappa shape index (κ2) is 3.71. The molecule has 4 heteroatoms. The van der Waals surface area contributed by atoms with Gasteiger partial charge in [-0.25, -0.2) is 0 Å². The van der Waals surface area contributed by atoms with Gasteiger partial charge in [-0.05, 0) is 13.8 Å². The molecule has 0 saturated heterocycles. The van der Waals surface area contributed by atoms with Crippen molar-refractivity contribution in [3.05, 3.63) is 17.0 Å². The fraction of sp³-hybridized carbons (Fsp3) is 0.700. The fourth-order valence-corrected chi connectivity index (χ4v) is 1.89. The number of rotatable bonds is 2. The van der Waals surface area contributed by atoms with E-state index in [1.54, 1.807) is 0 Å². The summed E-state index contributed by atoms with van der Waals surface area (Å²) in [6.45, 7) is 6.89. The Bertz CT molecular complexity index is 306. The van der Waals surface area contributed by atoms with E-state index in [2.05, 4.69) is 23.9 Å². The number of hydrogen-bond donors (Lipinski definition) is 1. The van der Waals surface area contributed by atoms with Crippen molar-refractivity contribution in [2.45, 2.75) is 39.4 Å². The molecule has 1 aliphatic rings. The molecular formula is C10H17N3O. The lowest BCUT2D eigenvalue weighted by Crippen LogP contribution is -2.35. The van der Waals surface area contributed by atoms with Crippen molar-refractivity contribution >= 4 is 0 Å². The quantitative estimate of drug-likeness (QED) is 0.761. The van der Waals surface area contributed by atoms with Crippen LogP contribution in [0, 0.1) is 0 Å². The minimum Gasteiger partial charge on any atom is -0.361 e. The Kier molecular flexibility index (Phi) is 2.56. The van der Waals surface area contributed by atoms with E-state index in [9.17, 15) is 0 Å². The second-order valence-electron chi connectivity index (χ2n) is 4.05. The summed E-state index contributed by atoms with van der Waals surface area (Å²) in [5, 5.41) is 3.98. The number of nitrogens with two attached hydrogens (primary N) is 1. The minimum atomic E-state index is 0.477. The van der Waals surface area contributed by atoms with Crippen LogP contribution in [0.25, 0.3) is 0 Å². The maximum Gasteiger partial charge on any atom is 0.142 e. The van der Waals surface area contributed by atoms with Crippen molar-refractivity contribution in [1.82, 2.24) is 10.1 Å². The third-order valence-corrected chi connectivity index (χ3v) is 2.86. The van der Waals surface area contributed by atoms with Crippen LogP contribution in [0.1, 0.15) is 30.9 Å². The van der Waals surface area contributed by atoms with Crippen LogP contribution in [0.3, 0.4) is 0 Å². The topological polar surface area (TPSA) is 55.3 Å². The highest BCUT2D eigenvalue weighted by molar-refractivity contribution is 5.25. The number of fused-ring (bicyclic) bond motifs is 1. The molecular weight excluding hydrogens is 178 g/mol. The maximum absolute atomic E-state index is 5.60. The van der Waals surface area contributed by atoms with Crippen molar-refractivity contribution in [3.63, 3.8) is 0 Å². The van der Waals surface area contributed by atoms with Gasteiger partial charge in [0.15, 0.2) is 0 Å². The number of hydrogen-bond acceptors (Lipinski definition) is 4. The van der Waals surface area contributed by atoms with Gasteiger partial charge >= 0.3 is 0 Å². The van der Waals surface area contributed by atoms with Crippen molar-refractivity contribution < 1.29 is 4.52 Å². The summed E-state index contributed by atoms with van der Waals surface area (Å²) >= 11 is 0. The van der Waals surface area contributed by atoms with Gasteiger partial charge < -0.3 is 10.3 Å². The van der Waals surface area contributed by atoms with Crippen molar-refractivity contribution in [2.24, 2.45) is 5.73 Å². The van der Waals surface area contributed by atoms with Gasteiger partial charge in [0.2, 0.25) is 0 Å². The molecule has 0 aromatic carbocycles. The number of nitrogens with zero attached hydrogens (tertiary/aromatic N) is 2. The average Bonchev–Trinajstić information content (AvgIpc) is 2.59. The predicted octanol–water partition coefficient (Wildman–Crippen LogP) is 0.900. The van der Waals surface area contributed by atoms with Gasteiger partial charge in [-0.1, -0.05) is 5.16 Å². The van der Waals surface area contributed by atoms with Crippen LogP contribution in [0.2, 0.25) is 0 Å². The molecule has 1 aromatic heterocycles. The van der Waals surface area contributed by atoms with Gasteiger partial charge in [-0.2, -0.15) is 0 Å². The van der Waals surface area contributed by atoms with E-state index in [0.717, 1.165) is 31.0 Å². The first-order chi connectivity index (χ1) is 6.72. The van der Waals surface area contributed by atoms with Crippen molar-refractivity contribution in [2.75, 3.05) is 6.54 Å². The highest BCUT2D eigenvalue weighted by Gasteiger charge is 2.24. The van der Waals surface area contributed by atoms with E-state index >= 15 is 0 Å². The van der Waals surface area contributed by atoms with Crippen LogP contribution in [0.5, 0.6) is 0 Å². The van der Waals surface area contributed by atoms with Crippen LogP contribution >= 0.6 is 0 Å². The Morgan fingerprint density at radius 1 is 1.57 bits per heavy atom. The van der Waals surface area contributed by atoms with E-state index in [4.69, 9.17) is 10.3 Å². The molecule has 0 aliphatic carbocycles. The monoisotopic (exact) mass is 195 g/mol. The zero-order valence-electron chi connectivity index (χ0n) is 8.79. The molecule has 14 heavy (non-hydrogen) atoms. The molecule has 0 atom stereocenters. The Balaban J connectivity index is 2.23. The van der Waals surface area contributed by atoms with Crippen molar-refractivity contribution in [1.29, 1.82) is 0 Å². The molecule has 2 heterocycles. The summed E-state index contributed by atoms with van der Waals surface area (Å²) in [6.07, 6.45) is 0.959. The van der Waals surface area contributed by atoms with Crippen LogP contribution in [-0.2, 0) is 19.5 Å². The summed E-state index contributed by atoms with van der Waals surface area (Å²) in [6, 6.07) is 0.573. The second-order valence-corrected chi connectivity index (χ2v) is 4.05. The molecule has 0 saturated carbocycles. The molecule has 0 fully saturated rings. The molecule has 0 spiro atoms. The molecule has 4 nitrogen and oxygen atoms in total. The fourth-order valence-electron chi connectivity index (χ4n) is 1.89. The Hall–Kier alpha value is -0.870. The molecule has 78 valence electrons. The standard InChI is InChI=1S/C10H17N3O/c1-7(2)13-4-3-10-8(6-13)9(5-11)12-14-10/h7H,3-6,11H2,1-2H3. The summed E-state index contributed by atoms with van der Waals surface area (Å²) in [4.78, 5) is 2.42. The minimum absolute atomic E-state index is 0.477. The predicted molar refractivity (Wildman–Crippen MR) is 53.6 cm³/mol. The molecule has 0 amide bonds. The lowest BCUT2D eigenvalue weighted by Gasteiger charge is -2.29. The normalized spacial score (nSPS) is 17.4. The smallest absolute Gasteiger partial charge is 0.142 e. The van der Waals surface area contributed by atoms with E-state index in [-0.39, 0.29) is 0 Å². The lowest BCUT2D eigenvalue weighted by molar-refractivity contribution is 0.192. The van der Waals surface area contributed by atoms with Crippen LogP contribution in [0.4, 0.5) is 0 Å². The first-order valence-corrected chi connectivity index (χ1v) is 5.12. The van der Waals surface area contributed by atoms with Crippen LogP contribution < -0.4 is 5.73 Å². The molecule has 2 N–H and O–H groups in total. The first kappa shape index (κ1) is 9.68. The van der Waals surface area contributed by atoms with E-state index in [1.807, 2.05) is 0 Å². The molecule has 0 unspecified atom stereocenters. The highest BCUT2D eigenvalue weighted by Crippen LogP contribution is 2.23. The molecule has 2 rings (SSSR count). The highest BCUT2D eigenvalue weighted by atomic mass is 16.5. The SMILES string of the molecule is CC(C)N1CCc2onc(CN)c2C1. The zero-order valence-corrected chi connectivity index (χ0v) is 8.79. The van der Waals surface area contributed by atoms with Gasteiger partial charge in [0, 0.05) is 37.7 Å². The lowest BCUT2D eigenvalue weighted by atomic mass is 10.0. The van der Waals surface area contributed by atoms with E-state index in [1.165, 1.54) is 5.56 Å². The van der Waals surface area contributed by atoms with Gasteiger partial charge in [-0.3, -0.25) is 4.90 Å². The maximum atomic E-state index is 5.60. The van der Waals surface area contributed by atoms with Crippen LogP contribution in [0.15, 0.2) is 4.52 Å². The Labute approximate surface area is 84.0 Å². The largest absolute Gasteiger partial charge is 0.361 e. The molecule has 1 aliphatic heterocycles. The summed E-state index contributed by atoms with van der Waals surface area (Å²) in [5.74, 6) is 1.03. The van der Waals surface area contributed by atoms with Gasteiger partial charge in [0.25, 0.3) is 0 Å². The first-order valence-electron chi connectivity index (χ1n) is 5.12. The van der Waals surface area contributed by atoms with Gasteiger partial charge in [0.1, 0.15) is 11.5 Å².